The predicted molar refractivity (Wildman–Crippen MR) is 119 cm³/mol. The highest BCUT2D eigenvalue weighted by molar-refractivity contribution is 7.90. The zero-order valence-electron chi connectivity index (χ0n) is 18.4. The molecule has 1 saturated heterocycles. The fraction of sp³-hybridized carbons (Fsp3) is 0.304. The molecule has 0 aliphatic carbocycles. The molecule has 1 fully saturated rings. The van der Waals surface area contributed by atoms with Crippen LogP contribution in [0, 0.1) is 0 Å². The van der Waals surface area contributed by atoms with Gasteiger partial charge in [0, 0.05) is 30.7 Å². The van der Waals surface area contributed by atoms with E-state index in [0.29, 0.717) is 34.9 Å². The lowest BCUT2D eigenvalue weighted by Gasteiger charge is -2.25. The number of sulfonamides is 1. The number of hydrogen-bond donors (Lipinski definition) is 1. The summed E-state index contributed by atoms with van der Waals surface area (Å²) in [7, 11) is -5.55. The van der Waals surface area contributed by atoms with Gasteiger partial charge in [-0.25, -0.2) is 13.1 Å². The molecule has 36 heavy (non-hydrogen) atoms. The lowest BCUT2D eigenvalue weighted by atomic mass is 9.99. The Kier molecular flexibility index (Phi) is 6.73. The van der Waals surface area contributed by atoms with Gasteiger partial charge in [0.05, 0.1) is 16.6 Å². The van der Waals surface area contributed by atoms with Crippen molar-refractivity contribution in [3.05, 3.63) is 65.9 Å². The molecular weight excluding hydrogens is 512 g/mol. The minimum Gasteiger partial charge on any atom is -0.334 e. The molecule has 13 heteroatoms. The minimum absolute atomic E-state index is 0.194. The molecule has 1 amide bonds. The molecule has 192 valence electrons. The second-order valence-corrected chi connectivity index (χ2v) is 10.0. The molecule has 2 aromatic carbocycles. The van der Waals surface area contributed by atoms with Gasteiger partial charge in [0.2, 0.25) is 0 Å². The zero-order valence-corrected chi connectivity index (χ0v) is 19.2. The van der Waals surface area contributed by atoms with Gasteiger partial charge in [-0.15, -0.1) is 0 Å². The summed E-state index contributed by atoms with van der Waals surface area (Å²) >= 11 is 0. The van der Waals surface area contributed by atoms with E-state index in [1.807, 2.05) is 0 Å². The number of halogens is 6. The third kappa shape index (κ3) is 5.16. The van der Waals surface area contributed by atoms with E-state index >= 15 is 0 Å². The van der Waals surface area contributed by atoms with Crippen molar-refractivity contribution in [2.75, 3.05) is 13.1 Å². The van der Waals surface area contributed by atoms with Crippen LogP contribution in [0.3, 0.4) is 0 Å². The first kappa shape index (κ1) is 25.9. The SMILES string of the molecule is O=C(c1ccnc2ccc(-c3ccc(C(F)(F)F)cc3)cc12)N1CCCC1CNS(=O)(=O)C(F)(F)F. The Balaban J connectivity index is 1.62. The average molecular weight is 531 g/mol. The number of likely N-dealkylation sites (tertiary alicyclic amines) is 1. The zero-order chi connectivity index (χ0) is 26.3. The Bertz CT molecular complexity index is 1390. The van der Waals surface area contributed by atoms with Gasteiger partial charge in [0.15, 0.2) is 0 Å². The Morgan fingerprint density at radius 3 is 2.31 bits per heavy atom. The molecular formula is C23H19F6N3O3S. The molecule has 4 rings (SSSR count). The molecule has 2 heterocycles. The summed E-state index contributed by atoms with van der Waals surface area (Å²) in [5.74, 6) is -0.513. The average Bonchev–Trinajstić information content (AvgIpc) is 3.29. The number of amides is 1. The predicted octanol–water partition coefficient (Wildman–Crippen LogP) is 4.96. The van der Waals surface area contributed by atoms with Gasteiger partial charge in [0.1, 0.15) is 0 Å². The molecule has 3 aromatic rings. The second-order valence-electron chi connectivity index (χ2n) is 8.26. The fourth-order valence-corrected chi connectivity index (χ4v) is 4.70. The molecule has 6 nitrogen and oxygen atoms in total. The lowest BCUT2D eigenvalue weighted by molar-refractivity contribution is -0.137. The van der Waals surface area contributed by atoms with Crippen LogP contribution in [0.4, 0.5) is 26.3 Å². The van der Waals surface area contributed by atoms with E-state index in [0.717, 1.165) is 12.1 Å². The number of benzene rings is 2. The van der Waals surface area contributed by atoms with Crippen molar-refractivity contribution in [3.8, 4) is 11.1 Å². The van der Waals surface area contributed by atoms with Crippen molar-refractivity contribution in [1.29, 1.82) is 0 Å². The van der Waals surface area contributed by atoms with Crippen LogP contribution in [0.1, 0.15) is 28.8 Å². The number of nitrogens with one attached hydrogen (secondary N) is 1. The number of rotatable bonds is 5. The topological polar surface area (TPSA) is 79.4 Å². The van der Waals surface area contributed by atoms with Crippen LogP contribution < -0.4 is 4.72 Å². The highest BCUT2D eigenvalue weighted by Crippen LogP contribution is 2.32. The summed E-state index contributed by atoms with van der Waals surface area (Å²) < 4.78 is 101. The van der Waals surface area contributed by atoms with Crippen LogP contribution in [-0.2, 0) is 16.2 Å². The normalized spacial score (nSPS) is 17.1. The molecule has 1 aromatic heterocycles. The van der Waals surface area contributed by atoms with Gasteiger partial charge in [-0.2, -0.15) is 26.3 Å². The number of nitrogens with zero attached hydrogens (tertiary/aromatic N) is 2. The van der Waals surface area contributed by atoms with Gasteiger partial charge in [-0.3, -0.25) is 9.78 Å². The highest BCUT2D eigenvalue weighted by Gasteiger charge is 2.46. The molecule has 0 radical (unpaired) electrons. The van der Waals surface area contributed by atoms with E-state index in [-0.39, 0.29) is 12.1 Å². The highest BCUT2D eigenvalue weighted by atomic mass is 32.2. The molecule has 1 N–H and O–H groups in total. The van der Waals surface area contributed by atoms with Crippen LogP contribution in [0.2, 0.25) is 0 Å². The summed E-state index contributed by atoms with van der Waals surface area (Å²) in [5.41, 5.74) is -4.62. The Morgan fingerprint density at radius 1 is 1.00 bits per heavy atom. The lowest BCUT2D eigenvalue weighted by Crippen LogP contribution is -2.46. The first-order chi connectivity index (χ1) is 16.8. The monoisotopic (exact) mass is 531 g/mol. The summed E-state index contributed by atoms with van der Waals surface area (Å²) in [4.78, 5) is 18.9. The standard InChI is InChI=1S/C23H19F6N3O3S/c24-22(25,26)16-6-3-14(4-7-16)15-5-8-20-19(12-15)18(9-10-30-20)21(33)32-11-1-2-17(32)13-31-36(34,35)23(27,28)29/h3-10,12,17,31H,1-2,11,13H2. The molecule has 1 aliphatic heterocycles. The van der Waals surface area contributed by atoms with Crippen molar-refractivity contribution in [1.82, 2.24) is 14.6 Å². The summed E-state index contributed by atoms with van der Waals surface area (Å²) in [5, 5.41) is 0.404. The molecule has 0 spiro atoms. The van der Waals surface area contributed by atoms with E-state index < -0.39 is 45.8 Å². The largest absolute Gasteiger partial charge is 0.511 e. The summed E-state index contributed by atoms with van der Waals surface area (Å²) in [6, 6.07) is 10.0. The number of carbonyl (C=O) groups is 1. The van der Waals surface area contributed by atoms with Gasteiger partial charge in [-0.1, -0.05) is 18.2 Å². The molecule has 1 unspecified atom stereocenters. The smallest absolute Gasteiger partial charge is 0.334 e. The Morgan fingerprint density at radius 2 is 1.67 bits per heavy atom. The van der Waals surface area contributed by atoms with E-state index in [9.17, 15) is 39.6 Å². The van der Waals surface area contributed by atoms with Crippen molar-refractivity contribution >= 4 is 26.8 Å². The number of hydrogen-bond acceptors (Lipinski definition) is 4. The van der Waals surface area contributed by atoms with E-state index in [4.69, 9.17) is 0 Å². The molecule has 0 saturated carbocycles. The maximum atomic E-state index is 13.4. The van der Waals surface area contributed by atoms with Crippen LogP contribution in [0.15, 0.2) is 54.7 Å². The van der Waals surface area contributed by atoms with Crippen molar-refractivity contribution in [3.63, 3.8) is 0 Å². The van der Waals surface area contributed by atoms with Gasteiger partial charge in [0.25, 0.3) is 5.91 Å². The maximum absolute atomic E-state index is 13.4. The third-order valence-electron chi connectivity index (χ3n) is 5.97. The number of pyridine rings is 1. The third-order valence-corrected chi connectivity index (χ3v) is 7.13. The molecule has 0 bridgehead atoms. The number of carbonyl (C=O) groups excluding carboxylic acids is 1. The second kappa shape index (κ2) is 9.36. The maximum Gasteiger partial charge on any atom is 0.511 e. The molecule has 1 atom stereocenters. The van der Waals surface area contributed by atoms with Crippen molar-refractivity contribution < 1.29 is 39.6 Å². The molecule has 1 aliphatic rings. The summed E-state index contributed by atoms with van der Waals surface area (Å²) in [6.45, 7) is -0.368. The van der Waals surface area contributed by atoms with Crippen molar-refractivity contribution in [2.24, 2.45) is 0 Å². The fourth-order valence-electron chi connectivity index (χ4n) is 4.12. The minimum atomic E-state index is -5.55. The number of aromatic nitrogens is 1. The van der Waals surface area contributed by atoms with Crippen LogP contribution in [0.25, 0.3) is 22.0 Å². The first-order valence-corrected chi connectivity index (χ1v) is 12.2. The van der Waals surface area contributed by atoms with Gasteiger partial charge >= 0.3 is 21.7 Å². The van der Waals surface area contributed by atoms with Gasteiger partial charge < -0.3 is 4.90 Å². The Hall–Kier alpha value is -3.19. The van der Waals surface area contributed by atoms with Crippen LogP contribution in [-0.4, -0.2) is 48.8 Å². The first-order valence-electron chi connectivity index (χ1n) is 10.7. The van der Waals surface area contributed by atoms with Gasteiger partial charge in [-0.05, 0) is 54.3 Å². The van der Waals surface area contributed by atoms with E-state index in [2.05, 4.69) is 4.98 Å². The number of alkyl halides is 6. The summed E-state index contributed by atoms with van der Waals surface area (Å²) in [6.07, 6.45) is -2.30. The van der Waals surface area contributed by atoms with E-state index in [1.54, 1.807) is 18.2 Å². The quantitative estimate of drug-likeness (QED) is 0.472. The van der Waals surface area contributed by atoms with E-state index in [1.165, 1.54) is 34.0 Å². The number of fused-ring (bicyclic) bond motifs is 1. The Labute approximate surface area is 202 Å². The van der Waals surface area contributed by atoms with Crippen LogP contribution >= 0.6 is 0 Å². The van der Waals surface area contributed by atoms with Crippen LogP contribution in [0.5, 0.6) is 0 Å². The van der Waals surface area contributed by atoms with Crippen molar-refractivity contribution in [2.45, 2.75) is 30.6 Å².